The van der Waals surface area contributed by atoms with Gasteiger partial charge in [0.15, 0.2) is 6.61 Å². The molecule has 0 saturated carbocycles. The number of carbonyl (C=O) groups is 2. The summed E-state index contributed by atoms with van der Waals surface area (Å²) in [4.78, 5) is 24.9. The molecule has 0 radical (unpaired) electrons. The lowest BCUT2D eigenvalue weighted by Crippen LogP contribution is -2.57. The molecule has 0 aromatic heterocycles. The van der Waals surface area contributed by atoms with E-state index in [0.717, 1.165) is 5.56 Å². The van der Waals surface area contributed by atoms with Crippen molar-refractivity contribution in [3.63, 3.8) is 0 Å². The average Bonchev–Trinajstić information content (AvgIpc) is 2.58. The number of fused-ring (bicyclic) bond motifs is 1. The minimum absolute atomic E-state index is 0.235. The number of hydrazine groups is 1. The lowest BCUT2D eigenvalue weighted by Gasteiger charge is -2.35. The zero-order chi connectivity index (χ0) is 18.8. The molecule has 26 heavy (non-hydrogen) atoms. The van der Waals surface area contributed by atoms with Gasteiger partial charge in [0, 0.05) is 15.7 Å². The maximum absolute atomic E-state index is 12.6. The number of nitrogens with one attached hydrogen (secondary N) is 2. The van der Waals surface area contributed by atoms with Crippen LogP contribution in [0, 0.1) is 6.92 Å². The molecule has 0 saturated heterocycles. The van der Waals surface area contributed by atoms with Crippen LogP contribution < -0.4 is 15.5 Å². The van der Waals surface area contributed by atoms with Crippen LogP contribution in [0.5, 0.6) is 5.75 Å². The SMILES string of the molecule is Cc1cc(Cl)ccc1OCC(=O)NN1C(=O)c2cc(Cl)ccc2NC1C. The molecule has 2 aromatic carbocycles. The van der Waals surface area contributed by atoms with Crippen LogP contribution in [0.2, 0.25) is 10.0 Å². The summed E-state index contributed by atoms with van der Waals surface area (Å²) in [5.74, 6) is -0.241. The van der Waals surface area contributed by atoms with Crippen LogP contribution >= 0.6 is 23.2 Å². The van der Waals surface area contributed by atoms with Crippen molar-refractivity contribution in [1.82, 2.24) is 10.4 Å². The monoisotopic (exact) mass is 393 g/mol. The van der Waals surface area contributed by atoms with Crippen LogP contribution in [0.3, 0.4) is 0 Å². The Bertz CT molecular complexity index is 873. The van der Waals surface area contributed by atoms with Gasteiger partial charge in [0.25, 0.3) is 11.8 Å². The molecule has 3 rings (SSSR count). The number of anilines is 1. The number of rotatable bonds is 4. The molecule has 1 unspecified atom stereocenters. The number of ether oxygens (including phenoxy) is 1. The van der Waals surface area contributed by atoms with Crippen molar-refractivity contribution in [3.05, 3.63) is 57.6 Å². The highest BCUT2D eigenvalue weighted by Gasteiger charge is 2.31. The van der Waals surface area contributed by atoms with E-state index in [1.165, 1.54) is 5.01 Å². The summed E-state index contributed by atoms with van der Waals surface area (Å²) < 4.78 is 5.50. The molecule has 0 fully saturated rings. The van der Waals surface area contributed by atoms with E-state index in [9.17, 15) is 9.59 Å². The molecule has 1 heterocycles. The lowest BCUT2D eigenvalue weighted by molar-refractivity contribution is -0.127. The maximum atomic E-state index is 12.6. The van der Waals surface area contributed by atoms with Gasteiger partial charge in [0.2, 0.25) is 0 Å². The fourth-order valence-corrected chi connectivity index (χ4v) is 3.05. The summed E-state index contributed by atoms with van der Waals surface area (Å²) in [6, 6.07) is 10.1. The number of amides is 2. The van der Waals surface area contributed by atoms with Crippen molar-refractivity contribution < 1.29 is 14.3 Å². The largest absolute Gasteiger partial charge is 0.483 e. The van der Waals surface area contributed by atoms with Crippen molar-refractivity contribution >= 4 is 40.7 Å². The number of halogens is 2. The van der Waals surface area contributed by atoms with Gasteiger partial charge in [-0.05, 0) is 55.8 Å². The second kappa shape index (κ2) is 7.43. The predicted octanol–water partition coefficient (Wildman–Crippen LogP) is 3.63. The summed E-state index contributed by atoms with van der Waals surface area (Å²) in [6.07, 6.45) is -0.419. The highest BCUT2D eigenvalue weighted by atomic mass is 35.5. The first-order valence-electron chi connectivity index (χ1n) is 7.93. The van der Waals surface area contributed by atoms with Gasteiger partial charge in [-0.3, -0.25) is 15.0 Å². The molecule has 1 aliphatic rings. The second-order valence-corrected chi connectivity index (χ2v) is 6.79. The predicted molar refractivity (Wildman–Crippen MR) is 101 cm³/mol. The van der Waals surface area contributed by atoms with Gasteiger partial charge in [0.05, 0.1) is 5.56 Å². The molecule has 8 heteroatoms. The Morgan fingerprint density at radius 1 is 1.23 bits per heavy atom. The first kappa shape index (κ1) is 18.4. The molecule has 6 nitrogen and oxygen atoms in total. The molecule has 0 spiro atoms. The van der Waals surface area contributed by atoms with E-state index in [2.05, 4.69) is 10.7 Å². The first-order chi connectivity index (χ1) is 12.3. The van der Waals surface area contributed by atoms with E-state index in [1.54, 1.807) is 43.3 Å². The Morgan fingerprint density at radius 3 is 2.65 bits per heavy atom. The third-order valence-corrected chi connectivity index (χ3v) is 4.39. The van der Waals surface area contributed by atoms with Gasteiger partial charge in [-0.1, -0.05) is 23.2 Å². The summed E-state index contributed by atoms with van der Waals surface area (Å²) in [5.41, 5.74) is 4.45. The van der Waals surface area contributed by atoms with E-state index < -0.39 is 12.1 Å². The van der Waals surface area contributed by atoms with Gasteiger partial charge in [-0.2, -0.15) is 0 Å². The topological polar surface area (TPSA) is 70.7 Å². The number of hydrogen-bond acceptors (Lipinski definition) is 4. The Balaban J connectivity index is 1.66. The van der Waals surface area contributed by atoms with Crippen molar-refractivity contribution in [2.75, 3.05) is 11.9 Å². The average molecular weight is 394 g/mol. The molecule has 2 amide bonds. The van der Waals surface area contributed by atoms with Crippen molar-refractivity contribution in [1.29, 1.82) is 0 Å². The third-order valence-electron chi connectivity index (χ3n) is 3.92. The fourth-order valence-electron chi connectivity index (χ4n) is 2.65. The Hall–Kier alpha value is -2.44. The number of carbonyl (C=O) groups excluding carboxylic acids is 2. The zero-order valence-electron chi connectivity index (χ0n) is 14.2. The van der Waals surface area contributed by atoms with E-state index in [1.807, 2.05) is 6.92 Å². The van der Waals surface area contributed by atoms with Gasteiger partial charge >= 0.3 is 0 Å². The van der Waals surface area contributed by atoms with Gasteiger partial charge in [0.1, 0.15) is 11.9 Å². The summed E-state index contributed by atoms with van der Waals surface area (Å²) >= 11 is 11.9. The van der Waals surface area contributed by atoms with Gasteiger partial charge in [-0.25, -0.2) is 5.01 Å². The number of benzene rings is 2. The summed E-state index contributed by atoms with van der Waals surface area (Å²) in [5, 5.41) is 5.40. The van der Waals surface area contributed by atoms with Crippen LogP contribution in [-0.2, 0) is 4.79 Å². The Labute approximate surface area is 161 Å². The zero-order valence-corrected chi connectivity index (χ0v) is 15.7. The summed E-state index contributed by atoms with van der Waals surface area (Å²) in [7, 11) is 0. The minimum Gasteiger partial charge on any atom is -0.483 e. The molecule has 2 N–H and O–H groups in total. The molecule has 0 aliphatic carbocycles. The lowest BCUT2D eigenvalue weighted by atomic mass is 10.1. The highest BCUT2D eigenvalue weighted by Crippen LogP contribution is 2.27. The Morgan fingerprint density at radius 2 is 1.92 bits per heavy atom. The van der Waals surface area contributed by atoms with Crippen LogP contribution in [0.1, 0.15) is 22.8 Å². The minimum atomic E-state index is -0.452. The molecule has 2 aromatic rings. The van der Waals surface area contributed by atoms with Gasteiger partial charge in [-0.15, -0.1) is 0 Å². The van der Waals surface area contributed by atoms with Crippen LogP contribution in [-0.4, -0.2) is 29.6 Å². The van der Waals surface area contributed by atoms with Crippen molar-refractivity contribution in [2.45, 2.75) is 20.0 Å². The van der Waals surface area contributed by atoms with Crippen LogP contribution in [0.25, 0.3) is 0 Å². The molecule has 136 valence electrons. The van der Waals surface area contributed by atoms with Crippen LogP contribution in [0.4, 0.5) is 5.69 Å². The molecule has 1 aliphatic heterocycles. The summed E-state index contributed by atoms with van der Waals surface area (Å²) in [6.45, 7) is 3.36. The normalized spacial score (nSPS) is 15.9. The van der Waals surface area contributed by atoms with Crippen LogP contribution in [0.15, 0.2) is 36.4 Å². The number of hydrogen-bond donors (Lipinski definition) is 2. The van der Waals surface area contributed by atoms with Crippen molar-refractivity contribution in [3.8, 4) is 5.75 Å². The molecular formula is C18H17Cl2N3O3. The molecule has 1 atom stereocenters. The van der Waals surface area contributed by atoms with E-state index in [0.29, 0.717) is 27.0 Å². The fraction of sp³-hybridized carbons (Fsp3) is 0.222. The maximum Gasteiger partial charge on any atom is 0.276 e. The van der Waals surface area contributed by atoms with E-state index in [4.69, 9.17) is 27.9 Å². The molecular weight excluding hydrogens is 377 g/mol. The number of aryl methyl sites for hydroxylation is 1. The third kappa shape index (κ3) is 3.86. The van der Waals surface area contributed by atoms with Crippen molar-refractivity contribution in [2.24, 2.45) is 0 Å². The number of nitrogens with zero attached hydrogens (tertiary/aromatic N) is 1. The van der Waals surface area contributed by atoms with Gasteiger partial charge < -0.3 is 10.1 Å². The standard InChI is InChI=1S/C18H17Cl2N3O3/c1-10-7-12(19)4-6-16(10)26-9-17(24)22-23-11(2)21-15-5-3-13(20)8-14(15)18(23)25/h3-8,11,21H,9H2,1-2H3,(H,22,24). The second-order valence-electron chi connectivity index (χ2n) is 5.92. The Kier molecular flexibility index (Phi) is 5.25. The quantitative estimate of drug-likeness (QED) is 0.831. The molecule has 0 bridgehead atoms. The smallest absolute Gasteiger partial charge is 0.276 e. The van der Waals surface area contributed by atoms with E-state index >= 15 is 0 Å². The van der Waals surface area contributed by atoms with E-state index in [-0.39, 0.29) is 12.5 Å². The first-order valence-corrected chi connectivity index (χ1v) is 8.69. The highest BCUT2D eigenvalue weighted by molar-refractivity contribution is 6.31.